The number of carbonyl (C=O) groups excluding carboxylic acids is 1. The van der Waals surface area contributed by atoms with Crippen LogP contribution in [0.2, 0.25) is 0 Å². The van der Waals surface area contributed by atoms with Crippen molar-refractivity contribution in [1.29, 1.82) is 0 Å². The zero-order valence-corrected chi connectivity index (χ0v) is 16.2. The number of amides is 1. The monoisotopic (exact) mass is 397 g/mol. The maximum Gasteiger partial charge on any atom is 0.320 e. The second kappa shape index (κ2) is 6.50. The van der Waals surface area contributed by atoms with Crippen LogP contribution in [0, 0.1) is 27.9 Å². The summed E-state index contributed by atoms with van der Waals surface area (Å²) in [6.45, 7) is 0. The van der Waals surface area contributed by atoms with Crippen molar-refractivity contribution in [3.63, 3.8) is 0 Å². The Labute approximate surface area is 167 Å². The van der Waals surface area contributed by atoms with Crippen molar-refractivity contribution in [3.05, 3.63) is 40.0 Å². The Morgan fingerprint density at radius 3 is 2.52 bits per heavy atom. The third-order valence-corrected chi connectivity index (χ3v) is 6.82. The van der Waals surface area contributed by atoms with Gasteiger partial charge < -0.3 is 0 Å². The minimum atomic E-state index is -0.682. The van der Waals surface area contributed by atoms with Crippen molar-refractivity contribution >= 4 is 17.8 Å². The third kappa shape index (κ3) is 3.02. The van der Waals surface area contributed by atoms with Crippen LogP contribution < -0.4 is 5.43 Å². The molecule has 0 atom stereocenters. The number of nitrogens with zero attached hydrogens (tertiary/aromatic N) is 6. The minimum Gasteiger partial charge on any atom is -0.267 e. The fraction of sp³-hybridized carbons (Fsp3) is 0.579. The Morgan fingerprint density at radius 2 is 1.97 bits per heavy atom. The number of aryl methyl sites for hydroxylation is 1. The van der Waals surface area contributed by atoms with E-state index in [2.05, 4.69) is 20.7 Å². The highest BCUT2D eigenvalue weighted by molar-refractivity contribution is 5.96. The smallest absolute Gasteiger partial charge is 0.267 e. The number of hydrazone groups is 1. The lowest BCUT2D eigenvalue weighted by Crippen LogP contribution is -2.52. The van der Waals surface area contributed by atoms with Crippen molar-refractivity contribution in [2.75, 3.05) is 0 Å². The second-order valence-electron chi connectivity index (χ2n) is 8.79. The van der Waals surface area contributed by atoms with Gasteiger partial charge in [-0.05, 0) is 62.3 Å². The van der Waals surface area contributed by atoms with E-state index >= 15 is 0 Å². The molecule has 29 heavy (non-hydrogen) atoms. The third-order valence-electron chi connectivity index (χ3n) is 6.82. The number of rotatable bonds is 5. The van der Waals surface area contributed by atoms with Crippen LogP contribution in [0.3, 0.4) is 0 Å². The van der Waals surface area contributed by atoms with E-state index in [0.717, 1.165) is 19.3 Å². The van der Waals surface area contributed by atoms with Crippen LogP contribution in [-0.2, 0) is 12.6 Å². The van der Waals surface area contributed by atoms with Crippen molar-refractivity contribution in [2.45, 2.75) is 44.1 Å². The van der Waals surface area contributed by atoms with Crippen molar-refractivity contribution < 1.29 is 9.72 Å². The van der Waals surface area contributed by atoms with Crippen LogP contribution in [-0.4, -0.2) is 36.6 Å². The minimum absolute atomic E-state index is 0.185. The molecular weight excluding hydrogens is 374 g/mol. The summed E-state index contributed by atoms with van der Waals surface area (Å²) in [5.74, 6) is 1.33. The molecule has 0 unspecified atom stereocenters. The van der Waals surface area contributed by atoms with Crippen molar-refractivity contribution in [1.82, 2.24) is 25.0 Å². The molecule has 4 aliphatic carbocycles. The highest BCUT2D eigenvalue weighted by Crippen LogP contribution is 2.58. The van der Waals surface area contributed by atoms with Gasteiger partial charge in [0, 0.05) is 13.2 Å². The number of aromatic nitrogens is 4. The van der Waals surface area contributed by atoms with Crippen LogP contribution in [0.1, 0.15) is 54.7 Å². The van der Waals surface area contributed by atoms with Gasteiger partial charge in [-0.1, -0.05) is 0 Å². The van der Waals surface area contributed by atoms with Gasteiger partial charge in [0.15, 0.2) is 0 Å². The van der Waals surface area contributed by atoms with Gasteiger partial charge in [0.2, 0.25) is 5.69 Å². The Hall–Kier alpha value is -3.04. The van der Waals surface area contributed by atoms with E-state index in [1.807, 2.05) is 0 Å². The maximum atomic E-state index is 12.6. The molecule has 1 amide bonds. The maximum absolute atomic E-state index is 12.6. The van der Waals surface area contributed by atoms with Gasteiger partial charge >= 0.3 is 5.69 Å². The molecule has 10 heteroatoms. The molecule has 4 saturated carbocycles. The standard InChI is InChI=1S/C19H23N7O3/c1-24-15(2-3-21-24)10-20-22-18(27)17-16(26(28)29)11-25(23-17)19-7-12-4-13(8-19)6-14(5-12)9-19/h2-3,10-14H,4-9H2,1H3,(H,22,27)/b20-10-. The van der Waals surface area contributed by atoms with Crippen molar-refractivity contribution in [3.8, 4) is 0 Å². The van der Waals surface area contributed by atoms with Gasteiger partial charge in [-0.2, -0.15) is 15.3 Å². The Morgan fingerprint density at radius 1 is 1.31 bits per heavy atom. The van der Waals surface area contributed by atoms with Gasteiger partial charge in [-0.25, -0.2) is 5.43 Å². The summed E-state index contributed by atoms with van der Waals surface area (Å²) in [6.07, 6.45) is 11.3. The molecule has 4 bridgehead atoms. The molecular formula is C19H23N7O3. The number of nitrogens with one attached hydrogen (secondary N) is 1. The zero-order valence-electron chi connectivity index (χ0n) is 16.2. The fourth-order valence-electron chi connectivity index (χ4n) is 5.97. The largest absolute Gasteiger partial charge is 0.320 e. The number of hydrogen-bond donors (Lipinski definition) is 1. The first kappa shape index (κ1) is 18.0. The molecule has 0 aliphatic heterocycles. The van der Waals surface area contributed by atoms with E-state index in [-0.39, 0.29) is 16.9 Å². The predicted molar refractivity (Wildman–Crippen MR) is 103 cm³/mol. The second-order valence-corrected chi connectivity index (χ2v) is 8.79. The fourth-order valence-corrected chi connectivity index (χ4v) is 5.97. The summed E-state index contributed by atoms with van der Waals surface area (Å²) >= 11 is 0. The SMILES string of the molecule is Cn1nccc1/C=N\NC(=O)c1nn(C23CC4CC(CC(C4)C2)C3)cc1[N+](=O)[O-]. The lowest BCUT2D eigenvalue weighted by molar-refractivity contribution is -0.385. The number of nitro groups is 1. The van der Waals surface area contributed by atoms with E-state index in [1.54, 1.807) is 28.7 Å². The first-order chi connectivity index (χ1) is 13.9. The molecule has 0 radical (unpaired) electrons. The predicted octanol–water partition coefficient (Wildman–Crippen LogP) is 2.21. The normalized spacial score (nSPS) is 30.2. The van der Waals surface area contributed by atoms with Crippen LogP contribution >= 0.6 is 0 Å². The summed E-state index contributed by atoms with van der Waals surface area (Å²) in [6, 6.07) is 1.74. The Balaban J connectivity index is 1.41. The Kier molecular flexibility index (Phi) is 4.04. The first-order valence-electron chi connectivity index (χ1n) is 9.99. The molecule has 2 heterocycles. The van der Waals surface area contributed by atoms with Gasteiger partial charge in [-0.15, -0.1) is 0 Å². The molecule has 0 aromatic carbocycles. The summed E-state index contributed by atoms with van der Waals surface area (Å²) in [7, 11) is 1.75. The molecule has 6 rings (SSSR count). The average Bonchev–Trinajstić information content (AvgIpc) is 3.28. The molecule has 0 spiro atoms. The van der Waals surface area contributed by atoms with Crippen LogP contribution in [0.25, 0.3) is 0 Å². The van der Waals surface area contributed by atoms with E-state index < -0.39 is 10.8 Å². The number of carbonyl (C=O) groups is 1. The topological polar surface area (TPSA) is 120 Å². The van der Waals surface area contributed by atoms with Crippen LogP contribution in [0.5, 0.6) is 0 Å². The number of hydrogen-bond acceptors (Lipinski definition) is 6. The van der Waals surface area contributed by atoms with E-state index in [9.17, 15) is 14.9 Å². The summed E-state index contributed by atoms with van der Waals surface area (Å²) < 4.78 is 3.33. The summed E-state index contributed by atoms with van der Waals surface area (Å²) in [4.78, 5) is 23.7. The van der Waals surface area contributed by atoms with Gasteiger partial charge in [0.1, 0.15) is 6.20 Å². The average molecular weight is 397 g/mol. The summed E-state index contributed by atoms with van der Waals surface area (Å²) in [5, 5.41) is 23.9. The lowest BCUT2D eigenvalue weighted by Gasteiger charge is -2.56. The van der Waals surface area contributed by atoms with E-state index in [0.29, 0.717) is 23.4 Å². The molecule has 2 aromatic heterocycles. The molecule has 1 N–H and O–H groups in total. The van der Waals surface area contributed by atoms with E-state index in [4.69, 9.17) is 0 Å². The highest BCUT2D eigenvalue weighted by Gasteiger charge is 2.53. The molecule has 10 nitrogen and oxygen atoms in total. The lowest BCUT2D eigenvalue weighted by atomic mass is 9.53. The molecule has 4 aliphatic rings. The summed E-state index contributed by atoms with van der Waals surface area (Å²) in [5.41, 5.74) is 2.41. The first-order valence-corrected chi connectivity index (χ1v) is 9.99. The molecule has 152 valence electrons. The molecule has 4 fully saturated rings. The van der Waals surface area contributed by atoms with Crippen LogP contribution in [0.4, 0.5) is 5.69 Å². The van der Waals surface area contributed by atoms with Crippen LogP contribution in [0.15, 0.2) is 23.6 Å². The van der Waals surface area contributed by atoms with Gasteiger partial charge in [0.25, 0.3) is 5.91 Å². The van der Waals surface area contributed by atoms with Gasteiger partial charge in [-0.3, -0.25) is 24.3 Å². The molecule has 0 saturated heterocycles. The Bertz CT molecular complexity index is 970. The zero-order chi connectivity index (χ0) is 20.2. The quantitative estimate of drug-likeness (QED) is 0.471. The molecule has 2 aromatic rings. The highest BCUT2D eigenvalue weighted by atomic mass is 16.6. The van der Waals surface area contributed by atoms with E-state index in [1.165, 1.54) is 31.7 Å². The van der Waals surface area contributed by atoms with Crippen molar-refractivity contribution in [2.24, 2.45) is 29.9 Å². The van der Waals surface area contributed by atoms with Gasteiger partial charge in [0.05, 0.1) is 22.4 Å².